The van der Waals surface area contributed by atoms with Gasteiger partial charge in [0.25, 0.3) is 0 Å². The van der Waals surface area contributed by atoms with Crippen LogP contribution in [0.15, 0.2) is 30.3 Å². The van der Waals surface area contributed by atoms with Crippen LogP contribution in [0.5, 0.6) is 0 Å². The van der Waals surface area contributed by atoms with Gasteiger partial charge >= 0.3 is 5.97 Å². The van der Waals surface area contributed by atoms with Crippen molar-refractivity contribution < 1.29 is 9.53 Å². The zero-order chi connectivity index (χ0) is 13.2. The number of carbonyl (C=O) groups is 1. The van der Waals surface area contributed by atoms with E-state index in [1.807, 2.05) is 6.92 Å². The van der Waals surface area contributed by atoms with E-state index in [1.165, 1.54) is 16.6 Å². The van der Waals surface area contributed by atoms with Gasteiger partial charge in [-0.15, -0.1) is 0 Å². The Morgan fingerprint density at radius 1 is 1.37 bits per heavy atom. The van der Waals surface area contributed by atoms with E-state index in [2.05, 4.69) is 34.9 Å². The highest BCUT2D eigenvalue weighted by molar-refractivity contribution is 5.81. The normalized spacial score (nSPS) is 18.9. The largest absolute Gasteiger partial charge is 0.466 e. The maximum atomic E-state index is 11.9. The van der Waals surface area contributed by atoms with E-state index in [0.29, 0.717) is 6.61 Å². The summed E-state index contributed by atoms with van der Waals surface area (Å²) in [6, 6.07) is 10.7. The number of benzene rings is 1. The molecule has 0 spiro atoms. The van der Waals surface area contributed by atoms with Gasteiger partial charge in [-0.05, 0) is 43.7 Å². The van der Waals surface area contributed by atoms with Crippen LogP contribution in [0, 0.1) is 5.92 Å². The molecule has 1 aromatic carbocycles. The molecule has 3 rings (SSSR count). The van der Waals surface area contributed by atoms with E-state index >= 15 is 0 Å². The lowest BCUT2D eigenvalue weighted by molar-refractivity contribution is -0.148. The number of nitrogens with zero attached hydrogens (tertiary/aromatic N) is 1. The average molecular weight is 257 g/mol. The van der Waals surface area contributed by atoms with Crippen LogP contribution in [0.4, 0.5) is 0 Å². The maximum Gasteiger partial charge on any atom is 0.308 e. The van der Waals surface area contributed by atoms with Crippen LogP contribution in [-0.2, 0) is 22.5 Å². The fourth-order valence-electron chi connectivity index (χ4n) is 2.99. The van der Waals surface area contributed by atoms with Gasteiger partial charge in [-0.25, -0.2) is 0 Å². The third-order valence-corrected chi connectivity index (χ3v) is 3.97. The van der Waals surface area contributed by atoms with Gasteiger partial charge in [-0.1, -0.05) is 18.2 Å². The quantitative estimate of drug-likeness (QED) is 0.774. The Hall–Kier alpha value is -1.77. The summed E-state index contributed by atoms with van der Waals surface area (Å²) in [5.74, 6) is 0.0242. The molecule has 0 N–H and O–H groups in total. The first kappa shape index (κ1) is 12.3. The topological polar surface area (TPSA) is 31.2 Å². The third-order valence-electron chi connectivity index (χ3n) is 3.97. The second kappa shape index (κ2) is 5.08. The molecule has 100 valence electrons. The summed E-state index contributed by atoms with van der Waals surface area (Å²) in [5.41, 5.74) is 2.62. The summed E-state index contributed by atoms with van der Waals surface area (Å²) in [7, 11) is 0. The van der Waals surface area contributed by atoms with Crippen LogP contribution in [0.2, 0.25) is 0 Å². The minimum atomic E-state index is -0.0300. The first-order valence-electron chi connectivity index (χ1n) is 7.03. The summed E-state index contributed by atoms with van der Waals surface area (Å²) < 4.78 is 7.51. The van der Waals surface area contributed by atoms with E-state index in [9.17, 15) is 4.79 Å². The maximum absolute atomic E-state index is 11.9. The molecule has 0 saturated heterocycles. The molecule has 0 saturated carbocycles. The van der Waals surface area contributed by atoms with Crippen molar-refractivity contribution in [2.75, 3.05) is 6.61 Å². The molecule has 0 amide bonds. The number of fused-ring (bicyclic) bond motifs is 3. The SMILES string of the molecule is CCOC(=O)C1CCc2cc3ccccc3n2CC1. The molecule has 3 nitrogen and oxygen atoms in total. The lowest BCUT2D eigenvalue weighted by Gasteiger charge is -2.12. The van der Waals surface area contributed by atoms with Gasteiger partial charge < -0.3 is 9.30 Å². The molecule has 2 heterocycles. The lowest BCUT2D eigenvalue weighted by atomic mass is 10.00. The van der Waals surface area contributed by atoms with Crippen LogP contribution in [0.1, 0.15) is 25.5 Å². The summed E-state index contributed by atoms with van der Waals surface area (Å²) in [6.45, 7) is 3.25. The highest BCUT2D eigenvalue weighted by Crippen LogP contribution is 2.27. The molecule has 0 radical (unpaired) electrons. The average Bonchev–Trinajstić information content (AvgIpc) is 2.63. The molecule has 1 atom stereocenters. The second-order valence-electron chi connectivity index (χ2n) is 5.12. The first-order chi connectivity index (χ1) is 9.29. The van der Waals surface area contributed by atoms with Crippen LogP contribution in [0.3, 0.4) is 0 Å². The molecule has 0 fully saturated rings. The molecular formula is C16H19NO2. The summed E-state index contributed by atoms with van der Waals surface area (Å²) in [5, 5.41) is 1.30. The van der Waals surface area contributed by atoms with Gasteiger partial charge in [0.1, 0.15) is 0 Å². The van der Waals surface area contributed by atoms with Gasteiger partial charge in [0.2, 0.25) is 0 Å². The molecule has 1 aliphatic rings. The minimum absolute atomic E-state index is 0.0300. The minimum Gasteiger partial charge on any atom is -0.466 e. The van der Waals surface area contributed by atoms with E-state index in [-0.39, 0.29) is 11.9 Å². The molecule has 1 unspecified atom stereocenters. The number of para-hydroxylation sites is 1. The number of ether oxygens (including phenoxy) is 1. The Kier molecular flexibility index (Phi) is 3.28. The van der Waals surface area contributed by atoms with Crippen LogP contribution < -0.4 is 0 Å². The Labute approximate surface area is 113 Å². The predicted octanol–water partition coefficient (Wildman–Crippen LogP) is 3.16. The van der Waals surface area contributed by atoms with Crippen LogP contribution in [0.25, 0.3) is 10.9 Å². The highest BCUT2D eigenvalue weighted by atomic mass is 16.5. The third kappa shape index (κ3) is 2.25. The zero-order valence-corrected chi connectivity index (χ0v) is 11.3. The van der Waals surface area contributed by atoms with Crippen molar-refractivity contribution in [2.24, 2.45) is 5.92 Å². The molecule has 3 heteroatoms. The number of aromatic nitrogens is 1. The Bertz CT molecular complexity index is 600. The lowest BCUT2D eigenvalue weighted by Crippen LogP contribution is -2.18. The van der Waals surface area contributed by atoms with Crippen LogP contribution >= 0.6 is 0 Å². The van der Waals surface area contributed by atoms with E-state index in [0.717, 1.165) is 25.8 Å². The fourth-order valence-corrected chi connectivity index (χ4v) is 2.99. The van der Waals surface area contributed by atoms with E-state index in [4.69, 9.17) is 4.74 Å². The molecule has 0 bridgehead atoms. The highest BCUT2D eigenvalue weighted by Gasteiger charge is 2.24. The van der Waals surface area contributed by atoms with Crippen molar-refractivity contribution in [3.63, 3.8) is 0 Å². The van der Waals surface area contributed by atoms with Crippen molar-refractivity contribution >= 4 is 16.9 Å². The van der Waals surface area contributed by atoms with Gasteiger partial charge in [0, 0.05) is 17.8 Å². The van der Waals surface area contributed by atoms with Crippen molar-refractivity contribution in [1.82, 2.24) is 4.57 Å². The number of esters is 1. The van der Waals surface area contributed by atoms with Crippen LogP contribution in [-0.4, -0.2) is 17.1 Å². The summed E-state index contributed by atoms with van der Waals surface area (Å²) in [6.07, 6.45) is 2.73. The zero-order valence-electron chi connectivity index (χ0n) is 11.3. The van der Waals surface area contributed by atoms with Gasteiger partial charge in [0.05, 0.1) is 12.5 Å². The molecule has 0 aliphatic carbocycles. The molecule has 1 aromatic heterocycles. The molecule has 2 aromatic rings. The Morgan fingerprint density at radius 3 is 3.05 bits per heavy atom. The number of aryl methyl sites for hydroxylation is 2. The second-order valence-corrected chi connectivity index (χ2v) is 5.12. The smallest absolute Gasteiger partial charge is 0.308 e. The molecular weight excluding hydrogens is 238 g/mol. The number of rotatable bonds is 2. The summed E-state index contributed by atoms with van der Waals surface area (Å²) in [4.78, 5) is 11.9. The van der Waals surface area contributed by atoms with Gasteiger partial charge in [0.15, 0.2) is 0 Å². The van der Waals surface area contributed by atoms with E-state index < -0.39 is 0 Å². The Morgan fingerprint density at radius 2 is 2.21 bits per heavy atom. The fraction of sp³-hybridized carbons (Fsp3) is 0.438. The standard InChI is InChI=1S/C16H19NO2/c1-2-19-16(18)12-7-8-14-11-13-5-3-4-6-15(13)17(14)10-9-12/h3-6,11-12H,2,7-10H2,1H3. The number of hydrogen-bond acceptors (Lipinski definition) is 2. The van der Waals surface area contributed by atoms with Crippen molar-refractivity contribution in [1.29, 1.82) is 0 Å². The Balaban J connectivity index is 1.85. The van der Waals surface area contributed by atoms with Crippen molar-refractivity contribution in [3.05, 3.63) is 36.0 Å². The van der Waals surface area contributed by atoms with E-state index in [1.54, 1.807) is 0 Å². The van der Waals surface area contributed by atoms with Gasteiger partial charge in [-0.2, -0.15) is 0 Å². The van der Waals surface area contributed by atoms with Crippen molar-refractivity contribution in [3.8, 4) is 0 Å². The van der Waals surface area contributed by atoms with Gasteiger partial charge in [-0.3, -0.25) is 4.79 Å². The summed E-state index contributed by atoms with van der Waals surface area (Å²) >= 11 is 0. The molecule has 19 heavy (non-hydrogen) atoms. The number of hydrogen-bond donors (Lipinski definition) is 0. The monoisotopic (exact) mass is 257 g/mol. The number of carbonyl (C=O) groups excluding carboxylic acids is 1. The molecule has 1 aliphatic heterocycles. The first-order valence-corrected chi connectivity index (χ1v) is 7.03. The van der Waals surface area contributed by atoms with Crippen molar-refractivity contribution in [2.45, 2.75) is 32.7 Å². The predicted molar refractivity (Wildman–Crippen MR) is 75.0 cm³/mol.